The summed E-state index contributed by atoms with van der Waals surface area (Å²) in [7, 11) is 0. The van der Waals surface area contributed by atoms with E-state index < -0.39 is 23.4 Å². The standard InChI is InChI=1S/C19H16F3NO2/c1-10(2-7-16(24)25)17-14-8-13(21)9-15(22)19(14)23-18(17)11-3-5-12(20)6-4-11/h3-6,8-10,23H,2,7H2,1H3,(H,24,25). The summed E-state index contributed by atoms with van der Waals surface area (Å²) in [5, 5.41) is 9.28. The Kier molecular flexibility index (Phi) is 4.53. The zero-order valence-electron chi connectivity index (χ0n) is 13.4. The monoisotopic (exact) mass is 347 g/mol. The van der Waals surface area contributed by atoms with Crippen LogP contribution in [0.4, 0.5) is 13.2 Å². The summed E-state index contributed by atoms with van der Waals surface area (Å²) in [5.41, 5.74) is 1.94. The molecule has 1 heterocycles. The van der Waals surface area contributed by atoms with Gasteiger partial charge in [-0.1, -0.05) is 6.92 Å². The maximum absolute atomic E-state index is 14.2. The lowest BCUT2D eigenvalue weighted by Gasteiger charge is -2.13. The van der Waals surface area contributed by atoms with Gasteiger partial charge in [0, 0.05) is 17.9 Å². The van der Waals surface area contributed by atoms with Gasteiger partial charge in [0.25, 0.3) is 0 Å². The number of aromatic amines is 1. The first kappa shape index (κ1) is 17.1. The van der Waals surface area contributed by atoms with Gasteiger partial charge in [-0.25, -0.2) is 13.2 Å². The number of carboxylic acid groups (broad SMARTS) is 1. The molecule has 3 nitrogen and oxygen atoms in total. The average molecular weight is 347 g/mol. The van der Waals surface area contributed by atoms with E-state index in [1.807, 2.05) is 0 Å². The highest BCUT2D eigenvalue weighted by atomic mass is 19.1. The van der Waals surface area contributed by atoms with Crippen LogP contribution in [-0.4, -0.2) is 16.1 Å². The Labute approximate surface area is 142 Å². The van der Waals surface area contributed by atoms with E-state index in [4.69, 9.17) is 5.11 Å². The molecule has 0 radical (unpaired) electrons. The van der Waals surface area contributed by atoms with E-state index in [9.17, 15) is 18.0 Å². The average Bonchev–Trinajstić information content (AvgIpc) is 2.93. The molecule has 3 rings (SSSR count). The van der Waals surface area contributed by atoms with Gasteiger partial charge in [-0.05, 0) is 53.8 Å². The summed E-state index contributed by atoms with van der Waals surface area (Å²) < 4.78 is 41.1. The predicted octanol–water partition coefficient (Wildman–Crippen LogP) is 5.22. The number of halogens is 3. The minimum absolute atomic E-state index is 0.0610. The van der Waals surface area contributed by atoms with Crippen molar-refractivity contribution in [3.63, 3.8) is 0 Å². The van der Waals surface area contributed by atoms with Gasteiger partial charge in [-0.2, -0.15) is 0 Å². The van der Waals surface area contributed by atoms with Crippen molar-refractivity contribution in [3.05, 3.63) is 59.4 Å². The minimum atomic E-state index is -0.938. The van der Waals surface area contributed by atoms with Crippen LogP contribution in [0.25, 0.3) is 22.2 Å². The summed E-state index contributed by atoms with van der Waals surface area (Å²) in [6, 6.07) is 7.67. The van der Waals surface area contributed by atoms with Crippen LogP contribution in [0.15, 0.2) is 36.4 Å². The summed E-state index contributed by atoms with van der Waals surface area (Å²) in [6.07, 6.45) is 0.253. The number of carbonyl (C=O) groups is 1. The third-order valence-corrected chi connectivity index (χ3v) is 4.28. The molecule has 130 valence electrons. The molecule has 0 aliphatic rings. The van der Waals surface area contributed by atoms with E-state index in [0.717, 1.165) is 6.07 Å². The van der Waals surface area contributed by atoms with Crippen LogP contribution in [0, 0.1) is 17.5 Å². The van der Waals surface area contributed by atoms with Crippen LogP contribution >= 0.6 is 0 Å². The largest absolute Gasteiger partial charge is 0.481 e. The van der Waals surface area contributed by atoms with Gasteiger partial charge in [-0.3, -0.25) is 4.79 Å². The summed E-state index contributed by atoms with van der Waals surface area (Å²) in [4.78, 5) is 13.8. The van der Waals surface area contributed by atoms with Crippen LogP contribution in [0.1, 0.15) is 31.2 Å². The number of carboxylic acids is 1. The van der Waals surface area contributed by atoms with Crippen LogP contribution < -0.4 is 0 Å². The van der Waals surface area contributed by atoms with Gasteiger partial charge in [-0.15, -0.1) is 0 Å². The predicted molar refractivity (Wildman–Crippen MR) is 88.9 cm³/mol. The normalized spacial score (nSPS) is 12.5. The van der Waals surface area contributed by atoms with Crippen molar-refractivity contribution < 1.29 is 23.1 Å². The number of hydrogen-bond acceptors (Lipinski definition) is 1. The SMILES string of the molecule is CC(CCC(=O)O)c1c(-c2ccc(F)cc2)[nH]c2c(F)cc(F)cc12. The number of aromatic nitrogens is 1. The zero-order valence-corrected chi connectivity index (χ0v) is 13.4. The van der Waals surface area contributed by atoms with E-state index in [0.29, 0.717) is 28.6 Å². The molecule has 0 saturated heterocycles. The Hall–Kier alpha value is -2.76. The molecule has 2 N–H and O–H groups in total. The van der Waals surface area contributed by atoms with Crippen molar-refractivity contribution in [2.75, 3.05) is 0 Å². The molecule has 1 unspecified atom stereocenters. The van der Waals surface area contributed by atoms with Crippen molar-refractivity contribution >= 4 is 16.9 Å². The Morgan fingerprint density at radius 3 is 2.44 bits per heavy atom. The number of benzene rings is 2. The Balaban J connectivity index is 2.20. The van der Waals surface area contributed by atoms with Gasteiger partial charge in [0.1, 0.15) is 17.5 Å². The molecule has 0 amide bonds. The van der Waals surface area contributed by atoms with E-state index >= 15 is 0 Å². The van der Waals surface area contributed by atoms with Crippen LogP contribution in [-0.2, 0) is 4.79 Å². The lowest BCUT2D eigenvalue weighted by molar-refractivity contribution is -0.137. The molecular formula is C19H16F3NO2. The van der Waals surface area contributed by atoms with Gasteiger partial charge >= 0.3 is 5.97 Å². The molecule has 25 heavy (non-hydrogen) atoms. The van der Waals surface area contributed by atoms with Crippen molar-refractivity contribution in [3.8, 4) is 11.3 Å². The third kappa shape index (κ3) is 3.38. The number of hydrogen-bond donors (Lipinski definition) is 2. The second kappa shape index (κ2) is 6.63. The Morgan fingerprint density at radius 1 is 1.12 bits per heavy atom. The summed E-state index contributed by atoms with van der Waals surface area (Å²) >= 11 is 0. The van der Waals surface area contributed by atoms with Crippen molar-refractivity contribution in [1.82, 2.24) is 4.98 Å². The van der Waals surface area contributed by atoms with E-state index in [-0.39, 0.29) is 17.9 Å². The molecular weight excluding hydrogens is 331 g/mol. The maximum Gasteiger partial charge on any atom is 0.303 e. The van der Waals surface area contributed by atoms with Gasteiger partial charge in [0.15, 0.2) is 0 Å². The lowest BCUT2D eigenvalue weighted by atomic mass is 9.91. The van der Waals surface area contributed by atoms with Crippen molar-refractivity contribution in [1.29, 1.82) is 0 Å². The second-order valence-corrected chi connectivity index (χ2v) is 6.06. The first-order valence-electron chi connectivity index (χ1n) is 7.85. The van der Waals surface area contributed by atoms with Crippen LogP contribution in [0.3, 0.4) is 0 Å². The second-order valence-electron chi connectivity index (χ2n) is 6.06. The molecule has 2 aromatic carbocycles. The highest BCUT2D eigenvalue weighted by molar-refractivity contribution is 5.92. The van der Waals surface area contributed by atoms with E-state index in [2.05, 4.69) is 4.98 Å². The quantitative estimate of drug-likeness (QED) is 0.665. The fourth-order valence-electron chi connectivity index (χ4n) is 3.08. The van der Waals surface area contributed by atoms with Gasteiger partial charge < -0.3 is 10.1 Å². The fraction of sp³-hybridized carbons (Fsp3) is 0.211. The number of fused-ring (bicyclic) bond motifs is 1. The molecule has 1 aromatic heterocycles. The van der Waals surface area contributed by atoms with Crippen molar-refractivity contribution in [2.24, 2.45) is 0 Å². The summed E-state index contributed by atoms with van der Waals surface area (Å²) in [6.45, 7) is 1.81. The number of rotatable bonds is 5. The third-order valence-electron chi connectivity index (χ3n) is 4.28. The lowest BCUT2D eigenvalue weighted by Crippen LogP contribution is -2.01. The molecule has 3 aromatic rings. The molecule has 0 aliphatic carbocycles. The Morgan fingerprint density at radius 2 is 1.80 bits per heavy atom. The van der Waals surface area contributed by atoms with E-state index in [1.165, 1.54) is 18.2 Å². The smallest absolute Gasteiger partial charge is 0.303 e. The van der Waals surface area contributed by atoms with Gasteiger partial charge in [0.2, 0.25) is 0 Å². The topological polar surface area (TPSA) is 53.1 Å². The molecule has 0 aliphatic heterocycles. The van der Waals surface area contributed by atoms with Gasteiger partial charge in [0.05, 0.1) is 11.2 Å². The van der Waals surface area contributed by atoms with Crippen LogP contribution in [0.2, 0.25) is 0 Å². The first-order valence-corrected chi connectivity index (χ1v) is 7.85. The highest BCUT2D eigenvalue weighted by Crippen LogP contribution is 2.38. The minimum Gasteiger partial charge on any atom is -0.481 e. The molecule has 1 atom stereocenters. The molecule has 0 saturated carbocycles. The fourth-order valence-corrected chi connectivity index (χ4v) is 3.08. The highest BCUT2D eigenvalue weighted by Gasteiger charge is 2.22. The molecule has 0 fully saturated rings. The molecule has 6 heteroatoms. The number of nitrogens with one attached hydrogen (secondary N) is 1. The number of aliphatic carboxylic acids is 1. The first-order chi connectivity index (χ1) is 11.9. The Bertz CT molecular complexity index is 932. The maximum atomic E-state index is 14.2. The number of H-pyrrole nitrogens is 1. The molecule has 0 spiro atoms. The van der Waals surface area contributed by atoms with E-state index in [1.54, 1.807) is 19.1 Å². The summed E-state index contributed by atoms with van der Waals surface area (Å²) in [5.74, 6) is -3.03. The van der Waals surface area contributed by atoms with Crippen LogP contribution in [0.5, 0.6) is 0 Å². The van der Waals surface area contributed by atoms with Crippen molar-refractivity contribution in [2.45, 2.75) is 25.7 Å². The zero-order chi connectivity index (χ0) is 18.1. The molecule has 0 bridgehead atoms.